The molecule has 1 aliphatic heterocycles. The second-order valence-electron chi connectivity index (χ2n) is 3.56. The molecule has 1 aromatic carbocycles. The van der Waals surface area contributed by atoms with Gasteiger partial charge in [-0.25, -0.2) is 0 Å². The quantitative estimate of drug-likeness (QED) is 0.816. The van der Waals surface area contributed by atoms with Gasteiger partial charge in [-0.05, 0) is 12.0 Å². The maximum absolute atomic E-state index is 9.79. The van der Waals surface area contributed by atoms with Crippen LogP contribution in [0.5, 0.6) is 0 Å². The molecule has 1 aliphatic rings. The summed E-state index contributed by atoms with van der Waals surface area (Å²) in [6.45, 7) is 0.271. The molecular weight excluding hydrogens is 192 g/mol. The van der Waals surface area contributed by atoms with E-state index in [4.69, 9.17) is 9.47 Å². The number of hydrogen-bond acceptors (Lipinski definition) is 3. The highest BCUT2D eigenvalue weighted by molar-refractivity contribution is 5.15. The molecular formula is C12H14O3. The van der Waals surface area contributed by atoms with E-state index < -0.39 is 6.10 Å². The van der Waals surface area contributed by atoms with Crippen LogP contribution in [0, 0.1) is 0 Å². The molecule has 3 nitrogen and oxygen atoms in total. The molecule has 0 radical (unpaired) electrons. The van der Waals surface area contributed by atoms with E-state index in [-0.39, 0.29) is 6.79 Å². The zero-order valence-electron chi connectivity index (χ0n) is 8.43. The molecule has 3 heteroatoms. The van der Waals surface area contributed by atoms with Gasteiger partial charge in [-0.3, -0.25) is 0 Å². The third-order valence-corrected chi connectivity index (χ3v) is 2.28. The van der Waals surface area contributed by atoms with Crippen LogP contribution in [0.1, 0.15) is 12.0 Å². The van der Waals surface area contributed by atoms with E-state index in [9.17, 15) is 5.11 Å². The van der Waals surface area contributed by atoms with Crippen LogP contribution in [0.3, 0.4) is 0 Å². The monoisotopic (exact) mass is 206 g/mol. The van der Waals surface area contributed by atoms with E-state index in [1.807, 2.05) is 30.3 Å². The lowest BCUT2D eigenvalue weighted by atomic mass is 10.1. The Balaban J connectivity index is 1.84. The molecule has 1 unspecified atom stereocenters. The van der Waals surface area contributed by atoms with Gasteiger partial charge >= 0.3 is 0 Å². The Morgan fingerprint density at radius 1 is 1.20 bits per heavy atom. The van der Waals surface area contributed by atoms with E-state index in [1.54, 1.807) is 6.26 Å². The fourth-order valence-corrected chi connectivity index (χ4v) is 1.57. The van der Waals surface area contributed by atoms with Crippen molar-refractivity contribution in [2.75, 3.05) is 6.79 Å². The summed E-state index contributed by atoms with van der Waals surface area (Å²) in [5, 5.41) is 9.79. The predicted molar refractivity (Wildman–Crippen MR) is 55.9 cm³/mol. The minimum atomic E-state index is -0.416. The average Bonchev–Trinajstić information content (AvgIpc) is 2.71. The van der Waals surface area contributed by atoms with Gasteiger partial charge in [0.1, 0.15) is 12.0 Å². The summed E-state index contributed by atoms with van der Waals surface area (Å²) >= 11 is 0. The topological polar surface area (TPSA) is 38.7 Å². The average molecular weight is 206 g/mol. The van der Waals surface area contributed by atoms with Gasteiger partial charge in [0.2, 0.25) is 6.79 Å². The Hall–Kier alpha value is -1.48. The van der Waals surface area contributed by atoms with E-state index in [0.29, 0.717) is 12.8 Å². The number of hydrogen-bond donors (Lipinski definition) is 1. The number of aliphatic hydroxyl groups is 1. The Morgan fingerprint density at radius 2 is 2.00 bits per heavy atom. The highest BCUT2D eigenvalue weighted by Crippen LogP contribution is 2.15. The maximum atomic E-state index is 9.79. The summed E-state index contributed by atoms with van der Waals surface area (Å²) in [6.07, 6.45) is 2.30. The van der Waals surface area contributed by atoms with Gasteiger partial charge in [0.15, 0.2) is 0 Å². The van der Waals surface area contributed by atoms with E-state index in [0.717, 1.165) is 11.3 Å². The molecule has 1 atom stereocenters. The van der Waals surface area contributed by atoms with Gasteiger partial charge in [-0.15, -0.1) is 0 Å². The Kier molecular flexibility index (Phi) is 3.25. The fourth-order valence-electron chi connectivity index (χ4n) is 1.57. The lowest BCUT2D eigenvalue weighted by Crippen LogP contribution is -2.11. The van der Waals surface area contributed by atoms with E-state index in [2.05, 4.69) is 0 Å². The second-order valence-corrected chi connectivity index (χ2v) is 3.56. The first kappa shape index (κ1) is 10.1. The van der Waals surface area contributed by atoms with Crippen molar-refractivity contribution < 1.29 is 14.6 Å². The minimum absolute atomic E-state index is 0.271. The van der Waals surface area contributed by atoms with Crippen molar-refractivity contribution in [3.8, 4) is 0 Å². The van der Waals surface area contributed by atoms with Crippen LogP contribution < -0.4 is 0 Å². The van der Waals surface area contributed by atoms with Crippen molar-refractivity contribution in [1.29, 1.82) is 0 Å². The molecule has 0 aromatic heterocycles. The number of rotatable bonds is 4. The van der Waals surface area contributed by atoms with Crippen molar-refractivity contribution in [3.63, 3.8) is 0 Å². The van der Waals surface area contributed by atoms with Crippen LogP contribution in [0.2, 0.25) is 0 Å². The zero-order valence-corrected chi connectivity index (χ0v) is 8.43. The highest BCUT2D eigenvalue weighted by atomic mass is 16.7. The van der Waals surface area contributed by atoms with Crippen molar-refractivity contribution in [3.05, 3.63) is 47.9 Å². The molecule has 1 heterocycles. The molecule has 80 valence electrons. The maximum Gasteiger partial charge on any atom is 0.229 e. The Labute approximate surface area is 88.9 Å². The molecule has 0 bridgehead atoms. The van der Waals surface area contributed by atoms with Gasteiger partial charge in [-0.1, -0.05) is 30.3 Å². The largest absolute Gasteiger partial charge is 0.462 e. The smallest absolute Gasteiger partial charge is 0.229 e. The van der Waals surface area contributed by atoms with E-state index >= 15 is 0 Å². The first-order chi connectivity index (χ1) is 7.34. The molecule has 1 N–H and O–H groups in total. The lowest BCUT2D eigenvalue weighted by molar-refractivity contribution is 0.0676. The van der Waals surface area contributed by atoms with Crippen LogP contribution in [0.4, 0.5) is 0 Å². The number of benzene rings is 1. The summed E-state index contributed by atoms with van der Waals surface area (Å²) in [5.41, 5.74) is 1.13. The molecule has 0 amide bonds. The summed E-state index contributed by atoms with van der Waals surface area (Å²) in [6, 6.07) is 9.91. The molecule has 0 spiro atoms. The second kappa shape index (κ2) is 4.84. The third-order valence-electron chi connectivity index (χ3n) is 2.28. The molecule has 2 rings (SSSR count). The SMILES string of the molecule is OC(CC1=COCO1)Cc1ccccc1. The summed E-state index contributed by atoms with van der Waals surface area (Å²) in [5.74, 6) is 0.721. The normalized spacial score (nSPS) is 16.5. The molecule has 0 saturated carbocycles. The minimum Gasteiger partial charge on any atom is -0.462 e. The van der Waals surface area contributed by atoms with Crippen molar-refractivity contribution in [2.45, 2.75) is 18.9 Å². The predicted octanol–water partition coefficient (Wildman–Crippen LogP) is 1.83. The Bertz CT molecular complexity index is 332. The van der Waals surface area contributed by atoms with Crippen molar-refractivity contribution >= 4 is 0 Å². The third kappa shape index (κ3) is 2.99. The number of aliphatic hydroxyl groups excluding tert-OH is 1. The van der Waals surface area contributed by atoms with Gasteiger partial charge in [0.05, 0.1) is 6.10 Å². The van der Waals surface area contributed by atoms with Crippen LogP contribution in [0.15, 0.2) is 42.4 Å². The van der Waals surface area contributed by atoms with Gasteiger partial charge in [-0.2, -0.15) is 0 Å². The lowest BCUT2D eigenvalue weighted by Gasteiger charge is -2.10. The first-order valence-corrected chi connectivity index (χ1v) is 5.00. The van der Waals surface area contributed by atoms with Gasteiger partial charge < -0.3 is 14.6 Å². The standard InChI is InChI=1S/C12H14O3/c13-11(7-12-8-14-9-15-12)6-10-4-2-1-3-5-10/h1-5,8,11,13H,6-7,9H2. The van der Waals surface area contributed by atoms with Crippen LogP contribution in [0.25, 0.3) is 0 Å². The van der Waals surface area contributed by atoms with Gasteiger partial charge in [0, 0.05) is 6.42 Å². The fraction of sp³-hybridized carbons (Fsp3) is 0.333. The van der Waals surface area contributed by atoms with Crippen LogP contribution >= 0.6 is 0 Å². The summed E-state index contributed by atoms with van der Waals surface area (Å²) in [7, 11) is 0. The number of ether oxygens (including phenoxy) is 2. The summed E-state index contributed by atoms with van der Waals surface area (Å²) in [4.78, 5) is 0. The van der Waals surface area contributed by atoms with Gasteiger partial charge in [0.25, 0.3) is 0 Å². The molecule has 0 saturated heterocycles. The Morgan fingerprint density at radius 3 is 2.67 bits per heavy atom. The zero-order chi connectivity index (χ0) is 10.5. The van der Waals surface area contributed by atoms with Crippen molar-refractivity contribution in [1.82, 2.24) is 0 Å². The molecule has 1 aromatic rings. The van der Waals surface area contributed by atoms with Crippen LogP contribution in [-0.4, -0.2) is 18.0 Å². The molecule has 0 aliphatic carbocycles. The summed E-state index contributed by atoms with van der Waals surface area (Å²) < 4.78 is 10.1. The van der Waals surface area contributed by atoms with Crippen molar-refractivity contribution in [2.24, 2.45) is 0 Å². The molecule has 15 heavy (non-hydrogen) atoms. The first-order valence-electron chi connectivity index (χ1n) is 5.00. The molecule has 0 fully saturated rings. The highest BCUT2D eigenvalue weighted by Gasteiger charge is 2.13. The van der Waals surface area contributed by atoms with E-state index in [1.165, 1.54) is 0 Å². The van der Waals surface area contributed by atoms with Crippen LogP contribution in [-0.2, 0) is 15.9 Å².